The predicted molar refractivity (Wildman–Crippen MR) is 48.5 cm³/mol. The van der Waals surface area contributed by atoms with Crippen molar-refractivity contribution < 1.29 is 4.79 Å². The number of hydrogen-bond acceptors (Lipinski definition) is 4. The molecule has 1 aromatic heterocycles. The molecule has 70 valence electrons. The molecule has 0 aliphatic carbocycles. The van der Waals surface area contributed by atoms with Gasteiger partial charge in [0.25, 0.3) is 0 Å². The van der Waals surface area contributed by atoms with Gasteiger partial charge in [0.2, 0.25) is 11.9 Å². The standard InChI is InChI=1S/C8H12N4O/c1-6(2)7(13)12(9)8-10-4-3-5-11-8/h3-6H,9H2,1-2H3. The normalized spacial score (nSPS) is 10.2. The van der Waals surface area contributed by atoms with Gasteiger partial charge in [0, 0.05) is 18.3 Å². The molecule has 0 radical (unpaired) electrons. The van der Waals surface area contributed by atoms with E-state index < -0.39 is 0 Å². The summed E-state index contributed by atoms with van der Waals surface area (Å²) < 4.78 is 0. The fourth-order valence-corrected chi connectivity index (χ4v) is 0.792. The van der Waals surface area contributed by atoms with E-state index in [0.717, 1.165) is 5.01 Å². The third-order valence-electron chi connectivity index (χ3n) is 1.50. The Morgan fingerprint density at radius 1 is 1.46 bits per heavy atom. The molecule has 5 heteroatoms. The van der Waals surface area contributed by atoms with Crippen molar-refractivity contribution in [3.63, 3.8) is 0 Å². The van der Waals surface area contributed by atoms with Gasteiger partial charge >= 0.3 is 0 Å². The molecule has 0 atom stereocenters. The van der Waals surface area contributed by atoms with Crippen molar-refractivity contribution in [2.75, 3.05) is 5.01 Å². The minimum atomic E-state index is -0.203. The topological polar surface area (TPSA) is 72.1 Å². The summed E-state index contributed by atoms with van der Waals surface area (Å²) in [7, 11) is 0. The molecule has 1 heterocycles. The molecular formula is C8H12N4O. The number of amides is 1. The minimum absolute atomic E-state index is 0.159. The maximum atomic E-state index is 11.4. The maximum absolute atomic E-state index is 11.4. The molecule has 0 aliphatic rings. The Morgan fingerprint density at radius 2 is 2.00 bits per heavy atom. The Labute approximate surface area is 76.6 Å². The van der Waals surface area contributed by atoms with Gasteiger partial charge in [-0.1, -0.05) is 13.8 Å². The highest BCUT2D eigenvalue weighted by molar-refractivity contribution is 5.91. The molecule has 2 N–H and O–H groups in total. The van der Waals surface area contributed by atoms with E-state index in [2.05, 4.69) is 9.97 Å². The van der Waals surface area contributed by atoms with Crippen molar-refractivity contribution in [3.05, 3.63) is 18.5 Å². The summed E-state index contributed by atoms with van der Waals surface area (Å²) in [6.45, 7) is 3.54. The first-order valence-electron chi connectivity index (χ1n) is 3.98. The predicted octanol–water partition coefficient (Wildman–Crippen LogP) is 0.339. The number of nitrogens with two attached hydrogens (primary N) is 1. The van der Waals surface area contributed by atoms with Gasteiger partial charge in [0.1, 0.15) is 0 Å². The molecule has 0 unspecified atom stereocenters. The quantitative estimate of drug-likeness (QED) is 0.404. The van der Waals surface area contributed by atoms with Crippen LogP contribution in [0.5, 0.6) is 0 Å². The van der Waals surface area contributed by atoms with Crippen molar-refractivity contribution >= 4 is 11.9 Å². The summed E-state index contributed by atoms with van der Waals surface area (Å²) in [5.41, 5.74) is 0. The van der Waals surface area contributed by atoms with Crippen molar-refractivity contribution in [2.45, 2.75) is 13.8 Å². The van der Waals surface area contributed by atoms with Crippen LogP contribution in [0.2, 0.25) is 0 Å². The van der Waals surface area contributed by atoms with Crippen LogP contribution in [0.3, 0.4) is 0 Å². The van der Waals surface area contributed by atoms with Gasteiger partial charge in [-0.3, -0.25) is 4.79 Å². The Hall–Kier alpha value is -1.49. The van der Waals surface area contributed by atoms with Crippen molar-refractivity contribution in [1.82, 2.24) is 9.97 Å². The number of hydrazine groups is 1. The van der Waals surface area contributed by atoms with E-state index in [1.54, 1.807) is 19.9 Å². The maximum Gasteiger partial charge on any atom is 0.246 e. The van der Waals surface area contributed by atoms with Crippen LogP contribution in [-0.2, 0) is 4.79 Å². The molecular weight excluding hydrogens is 168 g/mol. The number of anilines is 1. The van der Waals surface area contributed by atoms with E-state index in [4.69, 9.17) is 5.84 Å². The molecule has 1 rings (SSSR count). The highest BCUT2D eigenvalue weighted by Crippen LogP contribution is 2.04. The van der Waals surface area contributed by atoms with Crippen LogP contribution in [0.25, 0.3) is 0 Å². The third-order valence-corrected chi connectivity index (χ3v) is 1.50. The van der Waals surface area contributed by atoms with E-state index in [9.17, 15) is 4.79 Å². The Balaban J connectivity index is 2.80. The summed E-state index contributed by atoms with van der Waals surface area (Å²) in [6, 6.07) is 1.66. The second-order valence-electron chi connectivity index (χ2n) is 2.91. The van der Waals surface area contributed by atoms with Crippen molar-refractivity contribution in [3.8, 4) is 0 Å². The zero-order valence-electron chi connectivity index (χ0n) is 7.64. The molecule has 0 aliphatic heterocycles. The summed E-state index contributed by atoms with van der Waals surface area (Å²) in [4.78, 5) is 19.1. The van der Waals surface area contributed by atoms with Crippen LogP contribution < -0.4 is 10.9 Å². The molecule has 5 nitrogen and oxygen atoms in total. The Morgan fingerprint density at radius 3 is 2.46 bits per heavy atom. The van der Waals surface area contributed by atoms with Crippen LogP contribution in [-0.4, -0.2) is 15.9 Å². The van der Waals surface area contributed by atoms with Gasteiger partial charge in [-0.15, -0.1) is 0 Å². The summed E-state index contributed by atoms with van der Waals surface area (Å²) in [5.74, 6) is 5.36. The third kappa shape index (κ3) is 2.22. The van der Waals surface area contributed by atoms with E-state index in [-0.39, 0.29) is 17.8 Å². The first-order chi connectivity index (χ1) is 6.13. The number of aromatic nitrogens is 2. The van der Waals surface area contributed by atoms with Gasteiger partial charge < -0.3 is 0 Å². The molecule has 0 spiro atoms. The summed E-state index contributed by atoms with van der Waals surface area (Å²) >= 11 is 0. The van der Waals surface area contributed by atoms with Crippen LogP contribution in [0, 0.1) is 5.92 Å². The lowest BCUT2D eigenvalue weighted by Crippen LogP contribution is -2.41. The van der Waals surface area contributed by atoms with Gasteiger partial charge in [-0.05, 0) is 6.07 Å². The van der Waals surface area contributed by atoms with Crippen LogP contribution in [0.1, 0.15) is 13.8 Å². The first kappa shape index (κ1) is 9.60. The van der Waals surface area contributed by atoms with Crippen molar-refractivity contribution in [1.29, 1.82) is 0 Å². The van der Waals surface area contributed by atoms with Crippen molar-refractivity contribution in [2.24, 2.45) is 11.8 Å². The molecule has 1 amide bonds. The zero-order chi connectivity index (χ0) is 9.84. The Kier molecular flexibility index (Phi) is 2.92. The summed E-state index contributed by atoms with van der Waals surface area (Å²) in [6.07, 6.45) is 3.08. The molecule has 0 saturated heterocycles. The second kappa shape index (κ2) is 3.95. The smallest absolute Gasteiger partial charge is 0.246 e. The van der Waals surface area contributed by atoms with Gasteiger partial charge in [0.05, 0.1) is 0 Å². The van der Waals surface area contributed by atoms with Gasteiger partial charge in [-0.2, -0.15) is 0 Å². The highest BCUT2D eigenvalue weighted by Gasteiger charge is 2.16. The molecule has 1 aromatic rings. The first-order valence-corrected chi connectivity index (χ1v) is 3.98. The lowest BCUT2D eigenvalue weighted by Gasteiger charge is -2.15. The molecule has 13 heavy (non-hydrogen) atoms. The van der Waals surface area contributed by atoms with E-state index in [0.29, 0.717) is 0 Å². The van der Waals surface area contributed by atoms with Gasteiger partial charge in [-0.25, -0.2) is 20.8 Å². The van der Waals surface area contributed by atoms with E-state index >= 15 is 0 Å². The second-order valence-corrected chi connectivity index (χ2v) is 2.91. The van der Waals surface area contributed by atoms with Gasteiger partial charge in [0.15, 0.2) is 0 Å². The van der Waals surface area contributed by atoms with E-state index in [1.807, 2.05) is 0 Å². The molecule has 0 aromatic carbocycles. The van der Waals surface area contributed by atoms with Crippen LogP contribution in [0.4, 0.5) is 5.95 Å². The molecule has 0 fully saturated rings. The fourth-order valence-electron chi connectivity index (χ4n) is 0.792. The van der Waals surface area contributed by atoms with E-state index in [1.165, 1.54) is 12.4 Å². The number of hydrogen-bond donors (Lipinski definition) is 1. The SMILES string of the molecule is CC(C)C(=O)N(N)c1ncccn1. The number of nitrogens with zero attached hydrogens (tertiary/aromatic N) is 3. The lowest BCUT2D eigenvalue weighted by atomic mass is 10.2. The monoisotopic (exact) mass is 180 g/mol. The number of carbonyl (C=O) groups is 1. The average molecular weight is 180 g/mol. The van der Waals surface area contributed by atoms with Crippen LogP contribution in [0.15, 0.2) is 18.5 Å². The fraction of sp³-hybridized carbons (Fsp3) is 0.375. The summed E-state index contributed by atoms with van der Waals surface area (Å²) in [5, 5.41) is 0.963. The average Bonchev–Trinajstić information content (AvgIpc) is 2.17. The Bertz CT molecular complexity index is 285. The largest absolute Gasteiger partial charge is 0.273 e. The molecule has 0 saturated carbocycles. The minimum Gasteiger partial charge on any atom is -0.273 e. The molecule has 0 bridgehead atoms. The number of rotatable bonds is 2. The highest BCUT2D eigenvalue weighted by atomic mass is 16.2. The number of carbonyl (C=O) groups excluding carboxylic acids is 1. The lowest BCUT2D eigenvalue weighted by molar-refractivity contribution is -0.121. The zero-order valence-corrected chi connectivity index (χ0v) is 7.64. The van der Waals surface area contributed by atoms with Crippen LogP contribution >= 0.6 is 0 Å².